The van der Waals surface area contributed by atoms with Gasteiger partial charge in [-0.2, -0.15) is 0 Å². The zero-order valence-corrected chi connectivity index (χ0v) is 20.2. The number of piperidine rings is 2. The summed E-state index contributed by atoms with van der Waals surface area (Å²) in [6.07, 6.45) is 2.65. The summed E-state index contributed by atoms with van der Waals surface area (Å²) in [6.45, 7) is 17.2. The van der Waals surface area contributed by atoms with E-state index in [4.69, 9.17) is 9.47 Å². The molecule has 0 bridgehead atoms. The highest BCUT2D eigenvalue weighted by molar-refractivity contribution is 5.91. The van der Waals surface area contributed by atoms with Crippen molar-refractivity contribution in [2.45, 2.75) is 122 Å². The molecule has 0 aromatic carbocycles. The number of esters is 2. The van der Waals surface area contributed by atoms with E-state index in [-0.39, 0.29) is 40.8 Å². The lowest BCUT2D eigenvalue weighted by Gasteiger charge is -2.54. The van der Waals surface area contributed by atoms with Crippen LogP contribution in [-0.2, 0) is 19.1 Å². The van der Waals surface area contributed by atoms with Crippen molar-refractivity contribution in [2.75, 3.05) is 14.1 Å². The Labute approximate surface area is 177 Å². The highest BCUT2D eigenvalue weighted by Gasteiger charge is 2.48. The number of carbonyl (C=O) groups is 2. The summed E-state index contributed by atoms with van der Waals surface area (Å²) in [5, 5.41) is 0. The quantitative estimate of drug-likeness (QED) is 0.519. The Morgan fingerprint density at radius 2 is 1.03 bits per heavy atom. The summed E-state index contributed by atoms with van der Waals surface area (Å²) in [5.41, 5.74) is -0.475. The fraction of sp³-hybridized carbons (Fsp3) is 0.913. The molecular weight excluding hydrogens is 368 g/mol. The van der Waals surface area contributed by atoms with Crippen molar-refractivity contribution in [2.24, 2.45) is 0 Å². The fourth-order valence-corrected chi connectivity index (χ4v) is 4.93. The highest BCUT2D eigenvalue weighted by atomic mass is 16.6. The van der Waals surface area contributed by atoms with Crippen molar-refractivity contribution in [3.63, 3.8) is 0 Å². The van der Waals surface area contributed by atoms with Gasteiger partial charge in [-0.25, -0.2) is 0 Å². The average Bonchev–Trinajstić information content (AvgIpc) is 2.58. The number of ether oxygens (including phenoxy) is 2. The van der Waals surface area contributed by atoms with Crippen LogP contribution in [0.3, 0.4) is 0 Å². The molecule has 2 heterocycles. The summed E-state index contributed by atoms with van der Waals surface area (Å²) >= 11 is 0. The number of nitrogens with zero attached hydrogens (tertiary/aromatic N) is 2. The van der Waals surface area contributed by atoms with Crippen LogP contribution in [0, 0.1) is 0 Å². The lowest BCUT2D eigenvalue weighted by Crippen LogP contribution is -2.63. The van der Waals surface area contributed by atoms with Crippen LogP contribution in [0.5, 0.6) is 0 Å². The van der Waals surface area contributed by atoms with Crippen LogP contribution in [0.1, 0.15) is 87.5 Å². The van der Waals surface area contributed by atoms with E-state index >= 15 is 0 Å². The number of likely N-dealkylation sites (tertiary alicyclic amines) is 2. The van der Waals surface area contributed by atoms with Gasteiger partial charge in [-0.15, -0.1) is 0 Å². The molecule has 2 aliphatic rings. The van der Waals surface area contributed by atoms with Gasteiger partial charge in [-0.3, -0.25) is 19.4 Å². The molecule has 0 N–H and O–H groups in total. The van der Waals surface area contributed by atoms with Gasteiger partial charge in [0.2, 0.25) is 0 Å². The molecule has 2 saturated heterocycles. The zero-order chi connectivity index (χ0) is 22.4. The van der Waals surface area contributed by atoms with E-state index in [0.717, 1.165) is 25.7 Å². The standard InChI is InChI=1S/C23H42N2O4/c1-20(2)13-11-16(22(5,6)24(20)9)28-18(26)15-19(27)29-17-12-14-21(3,4)25(10)23(17,7)8/h16-17H,11-15H2,1-10H3. The first-order valence-electron chi connectivity index (χ1n) is 10.9. The molecule has 2 unspecified atom stereocenters. The van der Waals surface area contributed by atoms with Gasteiger partial charge in [0.05, 0.1) is 11.1 Å². The van der Waals surface area contributed by atoms with E-state index < -0.39 is 11.9 Å². The number of hydrogen-bond donors (Lipinski definition) is 0. The van der Waals surface area contributed by atoms with E-state index in [1.54, 1.807) is 0 Å². The molecule has 0 aliphatic carbocycles. The van der Waals surface area contributed by atoms with Crippen LogP contribution >= 0.6 is 0 Å². The molecule has 168 valence electrons. The van der Waals surface area contributed by atoms with Gasteiger partial charge in [-0.1, -0.05) is 0 Å². The first kappa shape index (κ1) is 24.1. The molecule has 6 heteroatoms. The third kappa shape index (κ3) is 4.79. The van der Waals surface area contributed by atoms with Crippen LogP contribution in [0.2, 0.25) is 0 Å². The molecule has 2 atom stereocenters. The minimum atomic E-state index is -0.497. The maximum absolute atomic E-state index is 12.5. The SMILES string of the molecule is CN1C(C)(C)CCC(OC(=O)CC(=O)OC2CCC(C)(C)N(C)C2(C)C)C1(C)C. The fourth-order valence-electron chi connectivity index (χ4n) is 4.93. The van der Waals surface area contributed by atoms with E-state index in [1.165, 1.54) is 0 Å². The summed E-state index contributed by atoms with van der Waals surface area (Å²) < 4.78 is 11.5. The topological polar surface area (TPSA) is 59.1 Å². The summed E-state index contributed by atoms with van der Waals surface area (Å²) in [5.74, 6) is -0.994. The third-order valence-electron chi connectivity index (χ3n) is 7.99. The smallest absolute Gasteiger partial charge is 0.317 e. The number of rotatable bonds is 4. The van der Waals surface area contributed by atoms with Gasteiger partial charge in [-0.05, 0) is 95.2 Å². The average molecular weight is 411 g/mol. The van der Waals surface area contributed by atoms with Crippen LogP contribution in [-0.4, -0.2) is 70.2 Å². The van der Waals surface area contributed by atoms with E-state index in [1.807, 2.05) is 0 Å². The largest absolute Gasteiger partial charge is 0.460 e. The Balaban J connectivity index is 1.94. The second-order valence-electron chi connectivity index (χ2n) is 11.3. The minimum Gasteiger partial charge on any atom is -0.460 e. The molecule has 2 rings (SSSR count). The molecular formula is C23H42N2O4. The van der Waals surface area contributed by atoms with Crippen molar-refractivity contribution in [1.82, 2.24) is 9.80 Å². The van der Waals surface area contributed by atoms with Gasteiger partial charge < -0.3 is 9.47 Å². The predicted octanol–water partition coefficient (Wildman–Crippen LogP) is 3.77. The summed E-state index contributed by atoms with van der Waals surface area (Å²) in [4.78, 5) is 29.5. The monoisotopic (exact) mass is 410 g/mol. The van der Waals surface area contributed by atoms with E-state index in [2.05, 4.69) is 79.3 Å². The highest BCUT2D eigenvalue weighted by Crippen LogP contribution is 2.40. The molecule has 0 spiro atoms. The van der Waals surface area contributed by atoms with E-state index in [9.17, 15) is 9.59 Å². The Morgan fingerprint density at radius 3 is 1.34 bits per heavy atom. The molecule has 0 aromatic rings. The zero-order valence-electron chi connectivity index (χ0n) is 20.2. The molecule has 6 nitrogen and oxygen atoms in total. The Bertz CT molecular complexity index is 585. The van der Waals surface area contributed by atoms with Crippen LogP contribution < -0.4 is 0 Å². The second-order valence-corrected chi connectivity index (χ2v) is 11.3. The normalized spacial score (nSPS) is 31.1. The van der Waals surface area contributed by atoms with E-state index in [0.29, 0.717) is 0 Å². The van der Waals surface area contributed by atoms with Crippen molar-refractivity contribution in [1.29, 1.82) is 0 Å². The van der Waals surface area contributed by atoms with Crippen molar-refractivity contribution < 1.29 is 19.1 Å². The van der Waals surface area contributed by atoms with Crippen molar-refractivity contribution in [3.05, 3.63) is 0 Å². The lowest BCUT2D eigenvalue weighted by atomic mass is 9.78. The molecule has 2 fully saturated rings. The van der Waals surface area contributed by atoms with Crippen molar-refractivity contribution >= 4 is 11.9 Å². The number of likely N-dealkylation sites (N-methyl/N-ethyl adjacent to an activating group) is 2. The predicted molar refractivity (Wildman–Crippen MR) is 115 cm³/mol. The second kappa shape index (κ2) is 7.84. The van der Waals surface area contributed by atoms with Crippen LogP contribution in [0.4, 0.5) is 0 Å². The molecule has 0 saturated carbocycles. The number of hydrogen-bond acceptors (Lipinski definition) is 6. The van der Waals surface area contributed by atoms with Crippen LogP contribution in [0.25, 0.3) is 0 Å². The van der Waals surface area contributed by atoms with Gasteiger partial charge in [0.15, 0.2) is 0 Å². The van der Waals surface area contributed by atoms with Gasteiger partial charge in [0, 0.05) is 11.1 Å². The van der Waals surface area contributed by atoms with Crippen molar-refractivity contribution in [3.8, 4) is 0 Å². The molecule has 0 radical (unpaired) electrons. The third-order valence-corrected chi connectivity index (χ3v) is 7.99. The molecule has 0 aromatic heterocycles. The Hall–Kier alpha value is -1.14. The Kier molecular flexibility index (Phi) is 6.53. The van der Waals surface area contributed by atoms with Gasteiger partial charge in [0.25, 0.3) is 0 Å². The molecule has 0 amide bonds. The van der Waals surface area contributed by atoms with Gasteiger partial charge >= 0.3 is 11.9 Å². The number of carbonyl (C=O) groups excluding carboxylic acids is 2. The summed E-state index contributed by atoms with van der Waals surface area (Å²) in [6, 6.07) is 0. The van der Waals surface area contributed by atoms with Crippen LogP contribution in [0.15, 0.2) is 0 Å². The first-order chi connectivity index (χ1) is 13.0. The maximum Gasteiger partial charge on any atom is 0.317 e. The Morgan fingerprint density at radius 1 is 0.724 bits per heavy atom. The summed E-state index contributed by atoms with van der Waals surface area (Å²) in [7, 11) is 4.13. The molecule has 2 aliphatic heterocycles. The minimum absolute atomic E-state index is 0.0533. The maximum atomic E-state index is 12.5. The first-order valence-corrected chi connectivity index (χ1v) is 10.9. The van der Waals surface area contributed by atoms with Gasteiger partial charge in [0.1, 0.15) is 18.6 Å². The molecule has 29 heavy (non-hydrogen) atoms. The lowest BCUT2D eigenvalue weighted by molar-refractivity contribution is -0.178.